The highest BCUT2D eigenvalue weighted by molar-refractivity contribution is 6.35. The van der Waals surface area contributed by atoms with Crippen LogP contribution in [0.3, 0.4) is 0 Å². The molecule has 3 rings (SSSR count). The van der Waals surface area contributed by atoms with E-state index in [-0.39, 0.29) is 5.56 Å². The summed E-state index contributed by atoms with van der Waals surface area (Å²) in [5.41, 5.74) is 1.49. The molecule has 1 unspecified atom stereocenters. The molecular formula is C17H12Cl2FN3O. The number of nitrogens with one attached hydrogen (secondary N) is 1. The Kier molecular flexibility index (Phi) is 4.64. The highest BCUT2D eigenvalue weighted by atomic mass is 35.5. The van der Waals surface area contributed by atoms with Crippen molar-refractivity contribution in [3.05, 3.63) is 69.7 Å². The summed E-state index contributed by atoms with van der Waals surface area (Å²) in [5, 5.41) is 3.74. The van der Waals surface area contributed by atoms with Gasteiger partial charge in [-0.1, -0.05) is 29.3 Å². The van der Waals surface area contributed by atoms with Gasteiger partial charge in [0.1, 0.15) is 11.3 Å². The lowest BCUT2D eigenvalue weighted by Crippen LogP contribution is -2.27. The van der Waals surface area contributed by atoms with Crippen LogP contribution in [0.4, 0.5) is 4.39 Å². The van der Waals surface area contributed by atoms with Crippen LogP contribution in [0.5, 0.6) is 0 Å². The summed E-state index contributed by atoms with van der Waals surface area (Å²) in [5.74, 6) is -1.01. The van der Waals surface area contributed by atoms with E-state index in [9.17, 15) is 9.18 Å². The minimum absolute atomic E-state index is 0.120. The van der Waals surface area contributed by atoms with Crippen LogP contribution < -0.4 is 5.32 Å². The molecule has 0 aliphatic heterocycles. The van der Waals surface area contributed by atoms with Crippen LogP contribution in [0.15, 0.2) is 42.7 Å². The van der Waals surface area contributed by atoms with E-state index in [4.69, 9.17) is 23.2 Å². The molecule has 0 saturated carbocycles. The molecular weight excluding hydrogens is 352 g/mol. The fourth-order valence-corrected chi connectivity index (χ4v) is 2.99. The second kappa shape index (κ2) is 6.71. The lowest BCUT2D eigenvalue weighted by atomic mass is 10.1. The zero-order valence-electron chi connectivity index (χ0n) is 12.6. The standard InChI is InChI=1S/C17H12Cl2FN3O/c1-9(12-3-2-10(18)6-14(12)19)23-17(24)13-7-11(20)8-15-16(13)22-5-4-21-15/h2-9H,1H3,(H,23,24). The number of fused-ring (bicyclic) bond motifs is 1. The Hall–Kier alpha value is -2.24. The third-order valence-corrected chi connectivity index (χ3v) is 4.12. The molecule has 24 heavy (non-hydrogen) atoms. The number of carbonyl (C=O) groups is 1. The molecule has 1 aromatic heterocycles. The number of hydrogen-bond acceptors (Lipinski definition) is 3. The van der Waals surface area contributed by atoms with Crippen molar-refractivity contribution in [2.45, 2.75) is 13.0 Å². The van der Waals surface area contributed by atoms with E-state index in [0.29, 0.717) is 26.6 Å². The van der Waals surface area contributed by atoms with Crippen molar-refractivity contribution >= 4 is 40.1 Å². The van der Waals surface area contributed by atoms with Crippen molar-refractivity contribution in [2.24, 2.45) is 0 Å². The Bertz CT molecular complexity index is 933. The summed E-state index contributed by atoms with van der Waals surface area (Å²) in [6, 6.07) is 7.01. The first-order valence-electron chi connectivity index (χ1n) is 7.12. The quantitative estimate of drug-likeness (QED) is 0.741. The van der Waals surface area contributed by atoms with Gasteiger partial charge >= 0.3 is 0 Å². The third-order valence-electron chi connectivity index (χ3n) is 3.56. The van der Waals surface area contributed by atoms with Crippen molar-refractivity contribution in [3.63, 3.8) is 0 Å². The Labute approximate surface area is 147 Å². The predicted octanol–water partition coefficient (Wildman–Crippen LogP) is 4.57. The Morgan fingerprint density at radius 3 is 2.67 bits per heavy atom. The van der Waals surface area contributed by atoms with E-state index in [0.717, 1.165) is 6.07 Å². The molecule has 0 aliphatic carbocycles. The maximum absolute atomic E-state index is 13.7. The van der Waals surface area contributed by atoms with Gasteiger partial charge in [0.15, 0.2) is 0 Å². The predicted molar refractivity (Wildman–Crippen MR) is 91.8 cm³/mol. The lowest BCUT2D eigenvalue weighted by molar-refractivity contribution is 0.0941. The SMILES string of the molecule is CC(NC(=O)c1cc(F)cc2nccnc12)c1ccc(Cl)cc1Cl. The largest absolute Gasteiger partial charge is 0.345 e. The van der Waals surface area contributed by atoms with Gasteiger partial charge in [0.2, 0.25) is 0 Å². The molecule has 1 amide bonds. The van der Waals surface area contributed by atoms with Gasteiger partial charge in [-0.2, -0.15) is 0 Å². The van der Waals surface area contributed by atoms with E-state index in [1.54, 1.807) is 25.1 Å². The van der Waals surface area contributed by atoms with Crippen LogP contribution in [0, 0.1) is 5.82 Å². The third kappa shape index (κ3) is 3.32. The number of amides is 1. The van der Waals surface area contributed by atoms with Crippen molar-refractivity contribution in [3.8, 4) is 0 Å². The first-order valence-corrected chi connectivity index (χ1v) is 7.87. The molecule has 1 heterocycles. The Morgan fingerprint density at radius 2 is 1.92 bits per heavy atom. The van der Waals surface area contributed by atoms with Crippen LogP contribution in [0.1, 0.15) is 28.9 Å². The van der Waals surface area contributed by atoms with Crippen LogP contribution >= 0.6 is 23.2 Å². The second-order valence-electron chi connectivity index (χ2n) is 5.24. The van der Waals surface area contributed by atoms with Gasteiger partial charge in [0.25, 0.3) is 5.91 Å². The number of carbonyl (C=O) groups excluding carboxylic acids is 1. The minimum Gasteiger partial charge on any atom is -0.345 e. The van der Waals surface area contributed by atoms with Crippen molar-refractivity contribution in [1.29, 1.82) is 0 Å². The highest BCUT2D eigenvalue weighted by Gasteiger charge is 2.18. The van der Waals surface area contributed by atoms with Crippen molar-refractivity contribution in [1.82, 2.24) is 15.3 Å². The molecule has 0 bridgehead atoms. The van der Waals surface area contributed by atoms with Gasteiger partial charge in [-0.05, 0) is 30.7 Å². The second-order valence-corrected chi connectivity index (χ2v) is 6.08. The van der Waals surface area contributed by atoms with Crippen molar-refractivity contribution < 1.29 is 9.18 Å². The maximum atomic E-state index is 13.7. The number of benzene rings is 2. The molecule has 122 valence electrons. The topological polar surface area (TPSA) is 54.9 Å². The Morgan fingerprint density at radius 1 is 1.17 bits per heavy atom. The van der Waals surface area contributed by atoms with Gasteiger partial charge in [0, 0.05) is 28.5 Å². The molecule has 3 aromatic rings. The molecule has 0 aliphatic rings. The van der Waals surface area contributed by atoms with Crippen LogP contribution in [-0.2, 0) is 0 Å². The molecule has 1 N–H and O–H groups in total. The zero-order valence-corrected chi connectivity index (χ0v) is 14.1. The molecule has 2 aromatic carbocycles. The number of rotatable bonds is 3. The van der Waals surface area contributed by atoms with Gasteiger partial charge in [-0.25, -0.2) is 4.39 Å². The minimum atomic E-state index is -0.551. The van der Waals surface area contributed by atoms with E-state index in [2.05, 4.69) is 15.3 Å². The Balaban J connectivity index is 1.92. The average Bonchev–Trinajstić information content (AvgIpc) is 2.53. The average molecular weight is 364 g/mol. The van der Waals surface area contributed by atoms with Crippen LogP contribution in [-0.4, -0.2) is 15.9 Å². The number of aromatic nitrogens is 2. The van der Waals surface area contributed by atoms with Crippen molar-refractivity contribution in [2.75, 3.05) is 0 Å². The summed E-state index contributed by atoms with van der Waals surface area (Å²) in [4.78, 5) is 20.7. The summed E-state index contributed by atoms with van der Waals surface area (Å²) in [6.45, 7) is 1.78. The smallest absolute Gasteiger partial charge is 0.254 e. The normalized spacial score (nSPS) is 12.2. The van der Waals surface area contributed by atoms with E-state index >= 15 is 0 Å². The maximum Gasteiger partial charge on any atom is 0.254 e. The lowest BCUT2D eigenvalue weighted by Gasteiger charge is -2.16. The van der Waals surface area contributed by atoms with Gasteiger partial charge in [0.05, 0.1) is 17.1 Å². The van der Waals surface area contributed by atoms with E-state index < -0.39 is 17.8 Å². The first-order chi connectivity index (χ1) is 11.5. The molecule has 0 saturated heterocycles. The van der Waals surface area contributed by atoms with Gasteiger partial charge < -0.3 is 5.32 Å². The molecule has 7 heteroatoms. The number of halogens is 3. The zero-order chi connectivity index (χ0) is 17.3. The molecule has 1 atom stereocenters. The number of nitrogens with zero attached hydrogens (tertiary/aromatic N) is 2. The van der Waals surface area contributed by atoms with Gasteiger partial charge in [-0.15, -0.1) is 0 Å². The number of hydrogen-bond donors (Lipinski definition) is 1. The van der Waals surface area contributed by atoms with E-state index in [1.807, 2.05) is 0 Å². The molecule has 0 radical (unpaired) electrons. The molecule has 0 fully saturated rings. The molecule has 0 spiro atoms. The first kappa shape index (κ1) is 16.6. The summed E-state index contributed by atoms with van der Waals surface area (Å²) in [6.07, 6.45) is 2.90. The summed E-state index contributed by atoms with van der Waals surface area (Å²) < 4.78 is 13.7. The van der Waals surface area contributed by atoms with E-state index in [1.165, 1.54) is 18.5 Å². The monoisotopic (exact) mass is 363 g/mol. The highest BCUT2D eigenvalue weighted by Crippen LogP contribution is 2.26. The van der Waals surface area contributed by atoms with Gasteiger partial charge in [-0.3, -0.25) is 14.8 Å². The fourth-order valence-electron chi connectivity index (χ4n) is 2.42. The fraction of sp³-hybridized carbons (Fsp3) is 0.118. The van der Waals surface area contributed by atoms with Crippen LogP contribution in [0.25, 0.3) is 11.0 Å². The summed E-state index contributed by atoms with van der Waals surface area (Å²) >= 11 is 12.0. The molecule has 4 nitrogen and oxygen atoms in total. The summed E-state index contributed by atoms with van der Waals surface area (Å²) in [7, 11) is 0. The van der Waals surface area contributed by atoms with Crippen LogP contribution in [0.2, 0.25) is 10.0 Å².